The smallest absolute Gasteiger partial charge is 0.224 e. The standard InChI is InChI=1S/C17H24N2O/c1-13-4-2-5-14(10-13)11-19-9-3-6-15(12-19)17(20)18-16-7-8-16/h2,4-5,10,15-16H,3,6-9,11-12H2,1H3,(H,18,20). The van der Waals surface area contributed by atoms with Gasteiger partial charge in [0.05, 0.1) is 5.92 Å². The maximum absolute atomic E-state index is 12.2. The monoisotopic (exact) mass is 272 g/mol. The van der Waals surface area contributed by atoms with Gasteiger partial charge >= 0.3 is 0 Å². The van der Waals surface area contributed by atoms with Crippen LogP contribution in [0.5, 0.6) is 0 Å². The topological polar surface area (TPSA) is 32.3 Å². The molecule has 0 aromatic heterocycles. The van der Waals surface area contributed by atoms with E-state index in [1.165, 1.54) is 24.0 Å². The number of carbonyl (C=O) groups is 1. The predicted molar refractivity (Wildman–Crippen MR) is 80.3 cm³/mol. The Hall–Kier alpha value is -1.35. The zero-order valence-electron chi connectivity index (χ0n) is 12.3. The highest BCUT2D eigenvalue weighted by Crippen LogP contribution is 2.23. The van der Waals surface area contributed by atoms with E-state index in [0.717, 1.165) is 32.5 Å². The second-order valence-electron chi connectivity index (χ2n) is 6.35. The van der Waals surface area contributed by atoms with Gasteiger partial charge in [-0.1, -0.05) is 29.8 Å². The summed E-state index contributed by atoms with van der Waals surface area (Å²) < 4.78 is 0. The number of hydrogen-bond acceptors (Lipinski definition) is 2. The first-order valence-electron chi connectivity index (χ1n) is 7.79. The van der Waals surface area contributed by atoms with Crippen LogP contribution >= 0.6 is 0 Å². The Labute approximate surface area is 121 Å². The summed E-state index contributed by atoms with van der Waals surface area (Å²) in [4.78, 5) is 14.6. The SMILES string of the molecule is Cc1cccc(CN2CCCC(C(=O)NC3CC3)C2)c1. The van der Waals surface area contributed by atoms with Gasteiger partial charge in [-0.15, -0.1) is 0 Å². The van der Waals surface area contributed by atoms with Crippen molar-refractivity contribution in [1.29, 1.82) is 0 Å². The number of piperidine rings is 1. The summed E-state index contributed by atoms with van der Waals surface area (Å²) in [6.45, 7) is 5.12. The predicted octanol–water partition coefficient (Wildman–Crippen LogP) is 2.49. The van der Waals surface area contributed by atoms with E-state index in [1.807, 2.05) is 0 Å². The molecule has 1 aliphatic heterocycles. The van der Waals surface area contributed by atoms with Crippen LogP contribution in [0, 0.1) is 12.8 Å². The Balaban J connectivity index is 1.55. The van der Waals surface area contributed by atoms with Crippen LogP contribution < -0.4 is 5.32 Å². The molecule has 20 heavy (non-hydrogen) atoms. The summed E-state index contributed by atoms with van der Waals surface area (Å²) in [6, 6.07) is 9.15. The minimum atomic E-state index is 0.189. The highest BCUT2D eigenvalue weighted by Gasteiger charge is 2.30. The van der Waals surface area contributed by atoms with Gasteiger partial charge in [0.1, 0.15) is 0 Å². The number of nitrogens with zero attached hydrogens (tertiary/aromatic N) is 1. The highest BCUT2D eigenvalue weighted by atomic mass is 16.2. The normalized spacial score (nSPS) is 23.6. The fourth-order valence-electron chi connectivity index (χ4n) is 3.03. The summed E-state index contributed by atoms with van der Waals surface area (Å²) in [5, 5.41) is 3.15. The molecule has 1 saturated carbocycles. The molecule has 1 unspecified atom stereocenters. The maximum Gasteiger partial charge on any atom is 0.224 e. The van der Waals surface area contributed by atoms with E-state index in [1.54, 1.807) is 0 Å². The molecule has 3 nitrogen and oxygen atoms in total. The minimum Gasteiger partial charge on any atom is -0.353 e. The minimum absolute atomic E-state index is 0.189. The lowest BCUT2D eigenvalue weighted by molar-refractivity contribution is -0.126. The Morgan fingerprint density at radius 3 is 2.95 bits per heavy atom. The average Bonchev–Trinajstić information content (AvgIpc) is 3.23. The molecule has 1 heterocycles. The number of carbonyl (C=O) groups excluding carboxylic acids is 1. The number of amides is 1. The second-order valence-corrected chi connectivity index (χ2v) is 6.35. The average molecular weight is 272 g/mol. The molecule has 2 fully saturated rings. The van der Waals surface area contributed by atoms with Crippen molar-refractivity contribution in [2.24, 2.45) is 5.92 Å². The fourth-order valence-corrected chi connectivity index (χ4v) is 3.03. The zero-order valence-corrected chi connectivity index (χ0v) is 12.3. The maximum atomic E-state index is 12.2. The highest BCUT2D eigenvalue weighted by molar-refractivity contribution is 5.79. The van der Waals surface area contributed by atoms with E-state index in [0.29, 0.717) is 6.04 Å². The van der Waals surface area contributed by atoms with Gasteiger partial charge in [-0.05, 0) is 44.7 Å². The molecular weight excluding hydrogens is 248 g/mol. The van der Waals surface area contributed by atoms with Crippen molar-refractivity contribution < 1.29 is 4.79 Å². The van der Waals surface area contributed by atoms with Crippen molar-refractivity contribution in [3.05, 3.63) is 35.4 Å². The van der Waals surface area contributed by atoms with Crippen LogP contribution in [0.1, 0.15) is 36.8 Å². The Bertz CT molecular complexity index is 482. The van der Waals surface area contributed by atoms with Gasteiger partial charge in [-0.25, -0.2) is 0 Å². The Morgan fingerprint density at radius 1 is 1.35 bits per heavy atom. The van der Waals surface area contributed by atoms with Crippen molar-refractivity contribution in [3.8, 4) is 0 Å². The van der Waals surface area contributed by atoms with E-state index < -0.39 is 0 Å². The molecule has 1 saturated heterocycles. The lowest BCUT2D eigenvalue weighted by Crippen LogP contribution is -2.43. The number of aryl methyl sites for hydroxylation is 1. The van der Waals surface area contributed by atoms with Crippen LogP contribution in [0.4, 0.5) is 0 Å². The van der Waals surface area contributed by atoms with Gasteiger partial charge in [-0.3, -0.25) is 9.69 Å². The third-order valence-corrected chi connectivity index (χ3v) is 4.29. The number of rotatable bonds is 4. The molecule has 0 spiro atoms. The van der Waals surface area contributed by atoms with E-state index in [9.17, 15) is 4.79 Å². The molecule has 2 aliphatic rings. The summed E-state index contributed by atoms with van der Waals surface area (Å²) in [5.41, 5.74) is 2.66. The van der Waals surface area contributed by atoms with Crippen LogP contribution in [-0.4, -0.2) is 29.9 Å². The molecule has 108 valence electrons. The summed E-state index contributed by atoms with van der Waals surface area (Å²) in [5.74, 6) is 0.468. The largest absolute Gasteiger partial charge is 0.353 e. The quantitative estimate of drug-likeness (QED) is 0.913. The third kappa shape index (κ3) is 3.60. The number of nitrogens with one attached hydrogen (secondary N) is 1. The number of benzene rings is 1. The molecule has 0 bridgehead atoms. The first-order valence-corrected chi connectivity index (χ1v) is 7.79. The van der Waals surface area contributed by atoms with Crippen LogP contribution in [0.2, 0.25) is 0 Å². The van der Waals surface area contributed by atoms with Gasteiger partial charge in [0.2, 0.25) is 5.91 Å². The first-order chi connectivity index (χ1) is 9.70. The van der Waals surface area contributed by atoms with Crippen LogP contribution in [0.15, 0.2) is 24.3 Å². The van der Waals surface area contributed by atoms with Crippen molar-refractivity contribution in [2.45, 2.75) is 45.2 Å². The van der Waals surface area contributed by atoms with Gasteiger partial charge < -0.3 is 5.32 Å². The molecule has 3 heteroatoms. The molecule has 1 aromatic carbocycles. The van der Waals surface area contributed by atoms with Gasteiger partial charge in [0, 0.05) is 19.1 Å². The van der Waals surface area contributed by atoms with Crippen LogP contribution in [0.3, 0.4) is 0 Å². The lowest BCUT2D eigenvalue weighted by Gasteiger charge is -2.32. The van der Waals surface area contributed by atoms with Crippen LogP contribution in [-0.2, 0) is 11.3 Å². The van der Waals surface area contributed by atoms with Crippen LogP contribution in [0.25, 0.3) is 0 Å². The van der Waals surface area contributed by atoms with Gasteiger partial charge in [0.25, 0.3) is 0 Å². The number of hydrogen-bond donors (Lipinski definition) is 1. The molecule has 1 N–H and O–H groups in total. The fraction of sp³-hybridized carbons (Fsp3) is 0.588. The number of likely N-dealkylation sites (tertiary alicyclic amines) is 1. The van der Waals surface area contributed by atoms with Crippen molar-refractivity contribution in [1.82, 2.24) is 10.2 Å². The van der Waals surface area contributed by atoms with E-state index in [2.05, 4.69) is 41.4 Å². The molecule has 1 atom stereocenters. The first kappa shape index (κ1) is 13.6. The Kier molecular flexibility index (Phi) is 4.06. The van der Waals surface area contributed by atoms with Gasteiger partial charge in [0.15, 0.2) is 0 Å². The second kappa shape index (κ2) is 5.96. The summed E-state index contributed by atoms with van der Waals surface area (Å²) in [7, 11) is 0. The molecular formula is C17H24N2O. The van der Waals surface area contributed by atoms with Crippen molar-refractivity contribution in [2.75, 3.05) is 13.1 Å². The summed E-state index contributed by atoms with van der Waals surface area (Å²) in [6.07, 6.45) is 4.52. The zero-order chi connectivity index (χ0) is 13.9. The van der Waals surface area contributed by atoms with E-state index in [4.69, 9.17) is 0 Å². The van der Waals surface area contributed by atoms with Crippen molar-refractivity contribution >= 4 is 5.91 Å². The lowest BCUT2D eigenvalue weighted by atomic mass is 9.96. The molecule has 1 aromatic rings. The summed E-state index contributed by atoms with van der Waals surface area (Å²) >= 11 is 0. The van der Waals surface area contributed by atoms with E-state index in [-0.39, 0.29) is 11.8 Å². The van der Waals surface area contributed by atoms with Crippen molar-refractivity contribution in [3.63, 3.8) is 0 Å². The molecule has 3 rings (SSSR count). The molecule has 1 aliphatic carbocycles. The molecule has 1 amide bonds. The Morgan fingerprint density at radius 2 is 2.20 bits per heavy atom. The van der Waals surface area contributed by atoms with E-state index >= 15 is 0 Å². The molecule has 0 radical (unpaired) electrons. The third-order valence-electron chi connectivity index (χ3n) is 4.29. The van der Waals surface area contributed by atoms with Gasteiger partial charge in [-0.2, -0.15) is 0 Å².